The van der Waals surface area contributed by atoms with Gasteiger partial charge in [-0.3, -0.25) is 4.79 Å². The van der Waals surface area contributed by atoms with Crippen molar-refractivity contribution in [3.63, 3.8) is 0 Å². The second-order valence-corrected chi connectivity index (χ2v) is 5.09. The minimum Gasteiger partial charge on any atom is -0.489 e. The van der Waals surface area contributed by atoms with Gasteiger partial charge in [-0.25, -0.2) is 0 Å². The summed E-state index contributed by atoms with van der Waals surface area (Å²) in [6.07, 6.45) is 0.353. The molecular formula is C17H15NO3. The van der Waals surface area contributed by atoms with Gasteiger partial charge < -0.3 is 9.94 Å². The van der Waals surface area contributed by atoms with Crippen molar-refractivity contribution in [3.8, 4) is 5.75 Å². The Labute approximate surface area is 122 Å². The van der Waals surface area contributed by atoms with Crippen molar-refractivity contribution in [1.29, 1.82) is 0 Å². The topological polar surface area (TPSA) is 58.9 Å². The third-order valence-electron chi connectivity index (χ3n) is 3.72. The van der Waals surface area contributed by atoms with E-state index in [4.69, 9.17) is 9.94 Å². The largest absolute Gasteiger partial charge is 0.489 e. The first-order valence-electron chi connectivity index (χ1n) is 6.75. The Hall–Kier alpha value is -2.62. The molecule has 0 saturated heterocycles. The summed E-state index contributed by atoms with van der Waals surface area (Å²) in [6.45, 7) is 2.53. The highest BCUT2D eigenvalue weighted by molar-refractivity contribution is 6.49. The van der Waals surface area contributed by atoms with E-state index >= 15 is 0 Å². The average molecular weight is 281 g/mol. The fourth-order valence-corrected chi connectivity index (χ4v) is 2.46. The van der Waals surface area contributed by atoms with Crippen molar-refractivity contribution < 1.29 is 14.7 Å². The molecule has 106 valence electrons. The molecule has 3 rings (SSSR count). The summed E-state index contributed by atoms with van der Waals surface area (Å²) < 4.78 is 5.79. The lowest BCUT2D eigenvalue weighted by atomic mass is 10.1. The van der Waals surface area contributed by atoms with Gasteiger partial charge in [0.15, 0.2) is 0 Å². The number of carbonyl (C=O) groups excluding carboxylic acids is 1. The van der Waals surface area contributed by atoms with Gasteiger partial charge in [-0.15, -0.1) is 0 Å². The second-order valence-electron chi connectivity index (χ2n) is 5.09. The number of aryl methyl sites for hydroxylation is 1. The van der Waals surface area contributed by atoms with Gasteiger partial charge in [0.1, 0.15) is 18.1 Å². The highest BCUT2D eigenvalue weighted by Gasteiger charge is 2.27. The third kappa shape index (κ3) is 2.52. The van der Waals surface area contributed by atoms with E-state index in [-0.39, 0.29) is 11.5 Å². The highest BCUT2D eigenvalue weighted by atomic mass is 16.5. The zero-order chi connectivity index (χ0) is 14.8. The Morgan fingerprint density at radius 3 is 2.81 bits per heavy atom. The molecule has 2 aromatic carbocycles. The Bertz CT molecular complexity index is 735. The lowest BCUT2D eigenvalue weighted by Crippen LogP contribution is -2.06. The third-order valence-corrected chi connectivity index (χ3v) is 3.72. The molecule has 0 aromatic heterocycles. The van der Waals surface area contributed by atoms with E-state index in [0.717, 1.165) is 11.1 Å². The van der Waals surface area contributed by atoms with Crippen molar-refractivity contribution in [2.75, 3.05) is 0 Å². The van der Waals surface area contributed by atoms with Crippen LogP contribution in [0.2, 0.25) is 0 Å². The van der Waals surface area contributed by atoms with E-state index in [0.29, 0.717) is 24.3 Å². The summed E-state index contributed by atoms with van der Waals surface area (Å²) in [5, 5.41) is 11.8. The number of oxime groups is 1. The minimum atomic E-state index is -0.210. The maximum atomic E-state index is 11.8. The molecule has 2 aromatic rings. The smallest absolute Gasteiger partial charge is 0.211 e. The normalized spacial score (nSPS) is 15.3. The van der Waals surface area contributed by atoms with E-state index < -0.39 is 0 Å². The Morgan fingerprint density at radius 1 is 1.24 bits per heavy atom. The first kappa shape index (κ1) is 13.4. The van der Waals surface area contributed by atoms with Crippen LogP contribution in [0.4, 0.5) is 0 Å². The van der Waals surface area contributed by atoms with Gasteiger partial charge in [-0.1, -0.05) is 29.4 Å². The predicted molar refractivity (Wildman–Crippen MR) is 79.2 cm³/mol. The van der Waals surface area contributed by atoms with Crippen LogP contribution < -0.4 is 4.74 Å². The van der Waals surface area contributed by atoms with Crippen LogP contribution in [-0.2, 0) is 13.0 Å². The summed E-state index contributed by atoms with van der Waals surface area (Å²) in [5.74, 6) is 0.502. The monoisotopic (exact) mass is 281 g/mol. The van der Waals surface area contributed by atoms with Crippen LogP contribution in [-0.4, -0.2) is 16.7 Å². The first-order chi connectivity index (χ1) is 10.2. The van der Waals surface area contributed by atoms with Crippen molar-refractivity contribution in [3.05, 3.63) is 64.7 Å². The fraction of sp³-hybridized carbons (Fsp3) is 0.176. The van der Waals surface area contributed by atoms with Gasteiger partial charge in [-0.05, 0) is 41.8 Å². The number of fused-ring (bicyclic) bond motifs is 1. The van der Waals surface area contributed by atoms with Crippen LogP contribution in [0.25, 0.3) is 0 Å². The van der Waals surface area contributed by atoms with Crippen LogP contribution in [0.15, 0.2) is 47.6 Å². The lowest BCUT2D eigenvalue weighted by Gasteiger charge is -2.09. The second kappa shape index (κ2) is 5.40. The SMILES string of the molecule is Cc1ccccc1COc1ccc2c(c1)C/C(=N/O)C2=O. The number of Topliss-reactive ketones (excluding diaryl/α,β-unsaturated/α-hetero) is 1. The van der Waals surface area contributed by atoms with E-state index in [1.54, 1.807) is 12.1 Å². The molecule has 0 aliphatic heterocycles. The number of carbonyl (C=O) groups is 1. The maximum Gasteiger partial charge on any atom is 0.211 e. The van der Waals surface area contributed by atoms with Crippen molar-refractivity contribution >= 4 is 11.5 Å². The van der Waals surface area contributed by atoms with Crippen molar-refractivity contribution in [2.24, 2.45) is 5.16 Å². The molecule has 0 unspecified atom stereocenters. The number of rotatable bonds is 3. The number of hydrogen-bond acceptors (Lipinski definition) is 4. The van der Waals surface area contributed by atoms with Gasteiger partial charge in [0, 0.05) is 12.0 Å². The molecule has 21 heavy (non-hydrogen) atoms. The zero-order valence-electron chi connectivity index (χ0n) is 11.7. The number of ether oxygens (including phenoxy) is 1. The Morgan fingerprint density at radius 2 is 2.05 bits per heavy atom. The van der Waals surface area contributed by atoms with Gasteiger partial charge in [0.25, 0.3) is 0 Å². The van der Waals surface area contributed by atoms with E-state index in [1.165, 1.54) is 5.56 Å². The number of benzene rings is 2. The highest BCUT2D eigenvalue weighted by Crippen LogP contribution is 2.25. The molecular weight excluding hydrogens is 266 g/mol. The lowest BCUT2D eigenvalue weighted by molar-refractivity contribution is 0.106. The van der Waals surface area contributed by atoms with Crippen LogP contribution in [0, 0.1) is 6.92 Å². The van der Waals surface area contributed by atoms with Gasteiger partial charge >= 0.3 is 0 Å². The Kier molecular flexibility index (Phi) is 3.44. The molecule has 0 radical (unpaired) electrons. The summed E-state index contributed by atoms with van der Waals surface area (Å²) in [5.41, 5.74) is 3.93. The van der Waals surface area contributed by atoms with Crippen LogP contribution in [0.1, 0.15) is 27.0 Å². The van der Waals surface area contributed by atoms with Crippen LogP contribution >= 0.6 is 0 Å². The molecule has 1 N–H and O–H groups in total. The molecule has 4 nitrogen and oxygen atoms in total. The molecule has 0 atom stereocenters. The van der Waals surface area contributed by atoms with Crippen molar-refractivity contribution in [1.82, 2.24) is 0 Å². The summed E-state index contributed by atoms with van der Waals surface area (Å²) in [6, 6.07) is 13.4. The summed E-state index contributed by atoms with van der Waals surface area (Å²) in [7, 11) is 0. The summed E-state index contributed by atoms with van der Waals surface area (Å²) >= 11 is 0. The van der Waals surface area contributed by atoms with Gasteiger partial charge in [0.05, 0.1) is 0 Å². The van der Waals surface area contributed by atoms with Crippen molar-refractivity contribution in [2.45, 2.75) is 20.0 Å². The molecule has 0 amide bonds. The summed E-state index contributed by atoms with van der Waals surface area (Å²) in [4.78, 5) is 11.8. The molecule has 0 spiro atoms. The number of hydrogen-bond donors (Lipinski definition) is 1. The molecule has 0 bridgehead atoms. The quantitative estimate of drug-likeness (QED) is 0.694. The van der Waals surface area contributed by atoms with E-state index in [1.807, 2.05) is 37.3 Å². The number of nitrogens with zero attached hydrogens (tertiary/aromatic N) is 1. The minimum absolute atomic E-state index is 0.182. The average Bonchev–Trinajstić information content (AvgIpc) is 2.82. The molecule has 4 heteroatoms. The predicted octanol–water partition coefficient (Wildman–Crippen LogP) is 3.14. The molecule has 0 fully saturated rings. The zero-order valence-corrected chi connectivity index (χ0v) is 11.7. The van der Waals surface area contributed by atoms with Crippen LogP contribution in [0.3, 0.4) is 0 Å². The standard InChI is InChI=1S/C17H15NO3/c1-11-4-2-3-5-12(11)10-21-14-6-7-15-13(8-14)9-16(18-20)17(15)19/h2-8,20H,9-10H2,1H3/b18-16-. The van der Waals surface area contributed by atoms with E-state index in [9.17, 15) is 4.79 Å². The maximum absolute atomic E-state index is 11.8. The molecule has 0 heterocycles. The van der Waals surface area contributed by atoms with Crippen LogP contribution in [0.5, 0.6) is 5.75 Å². The Balaban J connectivity index is 1.78. The fourth-order valence-electron chi connectivity index (χ4n) is 2.46. The molecule has 0 saturated carbocycles. The van der Waals surface area contributed by atoms with Gasteiger partial charge in [-0.2, -0.15) is 0 Å². The number of ketones is 1. The molecule has 1 aliphatic rings. The first-order valence-corrected chi connectivity index (χ1v) is 6.75. The van der Waals surface area contributed by atoms with E-state index in [2.05, 4.69) is 5.16 Å². The molecule has 1 aliphatic carbocycles. The van der Waals surface area contributed by atoms with Gasteiger partial charge in [0.2, 0.25) is 5.78 Å².